The zero-order valence-corrected chi connectivity index (χ0v) is 8.01. The van der Waals surface area contributed by atoms with E-state index >= 15 is 0 Å². The van der Waals surface area contributed by atoms with Gasteiger partial charge in [-0.25, -0.2) is 0 Å². The summed E-state index contributed by atoms with van der Waals surface area (Å²) in [6.07, 6.45) is 0. The van der Waals surface area contributed by atoms with Crippen molar-refractivity contribution in [3.8, 4) is 0 Å². The van der Waals surface area contributed by atoms with Gasteiger partial charge < -0.3 is 11.1 Å². The van der Waals surface area contributed by atoms with Gasteiger partial charge in [0.15, 0.2) is 0 Å². The molecule has 0 aromatic heterocycles. The lowest BCUT2D eigenvalue weighted by molar-refractivity contribution is 0.547. The van der Waals surface area contributed by atoms with Gasteiger partial charge in [-0.3, -0.25) is 0 Å². The Morgan fingerprint density at radius 3 is 3.15 bits per heavy atom. The third-order valence-corrected chi connectivity index (χ3v) is 2.73. The van der Waals surface area contributed by atoms with Gasteiger partial charge in [0.1, 0.15) is 0 Å². The van der Waals surface area contributed by atoms with Gasteiger partial charge >= 0.3 is 0 Å². The highest BCUT2D eigenvalue weighted by molar-refractivity contribution is 5.36. The maximum absolute atomic E-state index is 5.72. The lowest BCUT2D eigenvalue weighted by atomic mass is 9.90. The topological polar surface area (TPSA) is 38.0 Å². The summed E-state index contributed by atoms with van der Waals surface area (Å²) in [5, 5.41) is 3.39. The number of hydrogen-bond donors (Lipinski definition) is 2. The maximum Gasteiger partial charge on any atom is 0.0208 e. The molecule has 2 nitrogen and oxygen atoms in total. The van der Waals surface area contributed by atoms with E-state index in [1.165, 1.54) is 16.7 Å². The van der Waals surface area contributed by atoms with Crippen molar-refractivity contribution in [3.63, 3.8) is 0 Å². The average Bonchev–Trinajstić information content (AvgIpc) is 2.16. The lowest BCUT2D eigenvalue weighted by Crippen LogP contribution is -2.32. The molecule has 13 heavy (non-hydrogen) atoms. The molecule has 2 rings (SSSR count). The standard InChI is InChI=1S/C11H16N2/c1-8-2-3-11-9(4-8)6-13-7-10(11)5-12/h2-4,10,13H,5-7,12H2,1H3. The van der Waals surface area contributed by atoms with Crippen LogP contribution in [0.5, 0.6) is 0 Å². The molecule has 1 aliphatic rings. The number of fused-ring (bicyclic) bond motifs is 1. The second kappa shape index (κ2) is 3.48. The SMILES string of the molecule is Cc1ccc2c(c1)CNCC2CN. The Hall–Kier alpha value is -0.860. The molecular weight excluding hydrogens is 160 g/mol. The average molecular weight is 176 g/mol. The number of hydrogen-bond acceptors (Lipinski definition) is 2. The summed E-state index contributed by atoms with van der Waals surface area (Å²) in [5.74, 6) is 0.504. The molecule has 0 radical (unpaired) electrons. The largest absolute Gasteiger partial charge is 0.330 e. The molecule has 0 spiro atoms. The van der Waals surface area contributed by atoms with Crippen LogP contribution < -0.4 is 11.1 Å². The fraction of sp³-hybridized carbons (Fsp3) is 0.455. The van der Waals surface area contributed by atoms with Crippen LogP contribution in [0, 0.1) is 6.92 Å². The zero-order chi connectivity index (χ0) is 9.26. The Morgan fingerprint density at radius 1 is 1.54 bits per heavy atom. The van der Waals surface area contributed by atoms with Crippen molar-refractivity contribution in [2.75, 3.05) is 13.1 Å². The Morgan fingerprint density at radius 2 is 2.38 bits per heavy atom. The van der Waals surface area contributed by atoms with Crippen LogP contribution in [0.4, 0.5) is 0 Å². The van der Waals surface area contributed by atoms with Crippen LogP contribution in [0.3, 0.4) is 0 Å². The second-order valence-electron chi connectivity index (χ2n) is 3.77. The molecule has 0 saturated carbocycles. The van der Waals surface area contributed by atoms with Crippen molar-refractivity contribution in [1.29, 1.82) is 0 Å². The van der Waals surface area contributed by atoms with Crippen LogP contribution >= 0.6 is 0 Å². The van der Waals surface area contributed by atoms with Gasteiger partial charge in [-0.15, -0.1) is 0 Å². The predicted molar refractivity (Wildman–Crippen MR) is 54.7 cm³/mol. The summed E-state index contributed by atoms with van der Waals surface area (Å²) >= 11 is 0. The summed E-state index contributed by atoms with van der Waals surface area (Å²) in [5.41, 5.74) is 9.90. The number of aryl methyl sites for hydroxylation is 1. The number of nitrogens with two attached hydrogens (primary N) is 1. The Kier molecular flexibility index (Phi) is 2.34. The number of benzene rings is 1. The van der Waals surface area contributed by atoms with E-state index in [1.807, 2.05) is 0 Å². The van der Waals surface area contributed by atoms with Gasteiger partial charge in [0.25, 0.3) is 0 Å². The zero-order valence-electron chi connectivity index (χ0n) is 8.01. The molecule has 70 valence electrons. The third kappa shape index (κ3) is 1.60. The monoisotopic (exact) mass is 176 g/mol. The van der Waals surface area contributed by atoms with Crippen LogP contribution in [-0.2, 0) is 6.54 Å². The highest BCUT2D eigenvalue weighted by Crippen LogP contribution is 2.23. The van der Waals surface area contributed by atoms with E-state index < -0.39 is 0 Å². The van der Waals surface area contributed by atoms with Gasteiger partial charge in [0, 0.05) is 25.6 Å². The first-order valence-electron chi connectivity index (χ1n) is 4.81. The van der Waals surface area contributed by atoms with Gasteiger partial charge in [0.2, 0.25) is 0 Å². The molecule has 3 N–H and O–H groups in total. The van der Waals surface area contributed by atoms with Gasteiger partial charge in [-0.05, 0) is 18.1 Å². The van der Waals surface area contributed by atoms with E-state index in [1.54, 1.807) is 0 Å². The second-order valence-corrected chi connectivity index (χ2v) is 3.77. The fourth-order valence-corrected chi connectivity index (χ4v) is 1.99. The minimum Gasteiger partial charge on any atom is -0.330 e. The van der Waals surface area contributed by atoms with Crippen LogP contribution in [-0.4, -0.2) is 13.1 Å². The molecule has 0 amide bonds. The molecule has 1 aromatic rings. The van der Waals surface area contributed by atoms with Crippen LogP contribution in [0.15, 0.2) is 18.2 Å². The first-order chi connectivity index (χ1) is 6.31. The van der Waals surface area contributed by atoms with Crippen LogP contribution in [0.2, 0.25) is 0 Å². The van der Waals surface area contributed by atoms with Crippen molar-refractivity contribution >= 4 is 0 Å². The highest BCUT2D eigenvalue weighted by Gasteiger charge is 2.17. The van der Waals surface area contributed by atoms with Gasteiger partial charge in [-0.1, -0.05) is 23.8 Å². The fourth-order valence-electron chi connectivity index (χ4n) is 1.99. The quantitative estimate of drug-likeness (QED) is 0.673. The molecule has 1 atom stereocenters. The smallest absolute Gasteiger partial charge is 0.0208 e. The normalized spacial score (nSPS) is 21.2. The van der Waals surface area contributed by atoms with E-state index in [0.29, 0.717) is 5.92 Å². The maximum atomic E-state index is 5.72. The van der Waals surface area contributed by atoms with E-state index in [2.05, 4.69) is 30.4 Å². The molecule has 0 bridgehead atoms. The molecular formula is C11H16N2. The van der Waals surface area contributed by atoms with Gasteiger partial charge in [-0.2, -0.15) is 0 Å². The Bertz CT molecular complexity index is 307. The van der Waals surface area contributed by atoms with Crippen molar-refractivity contribution in [1.82, 2.24) is 5.32 Å². The van der Waals surface area contributed by atoms with E-state index in [4.69, 9.17) is 5.73 Å². The number of nitrogens with one attached hydrogen (secondary N) is 1. The summed E-state index contributed by atoms with van der Waals surface area (Å²) in [6.45, 7) is 4.88. The predicted octanol–water partition coefficient (Wildman–Crippen LogP) is 1.14. The van der Waals surface area contributed by atoms with Crippen molar-refractivity contribution in [2.45, 2.75) is 19.4 Å². The Balaban J connectivity index is 2.40. The molecule has 1 aromatic carbocycles. The summed E-state index contributed by atoms with van der Waals surface area (Å²) in [7, 11) is 0. The summed E-state index contributed by atoms with van der Waals surface area (Å²) in [6, 6.07) is 6.65. The van der Waals surface area contributed by atoms with E-state index in [0.717, 1.165) is 19.6 Å². The lowest BCUT2D eigenvalue weighted by Gasteiger charge is -2.25. The first-order valence-corrected chi connectivity index (χ1v) is 4.81. The third-order valence-electron chi connectivity index (χ3n) is 2.73. The Labute approximate surface area is 79.1 Å². The molecule has 1 aliphatic heterocycles. The van der Waals surface area contributed by atoms with E-state index in [9.17, 15) is 0 Å². The molecule has 0 saturated heterocycles. The molecule has 0 aliphatic carbocycles. The van der Waals surface area contributed by atoms with E-state index in [-0.39, 0.29) is 0 Å². The van der Waals surface area contributed by atoms with Gasteiger partial charge in [0.05, 0.1) is 0 Å². The highest BCUT2D eigenvalue weighted by atomic mass is 14.9. The molecule has 1 unspecified atom stereocenters. The summed E-state index contributed by atoms with van der Waals surface area (Å²) < 4.78 is 0. The molecule has 2 heteroatoms. The minimum atomic E-state index is 0.504. The molecule has 1 heterocycles. The van der Waals surface area contributed by atoms with Crippen LogP contribution in [0.25, 0.3) is 0 Å². The molecule has 0 fully saturated rings. The minimum absolute atomic E-state index is 0.504. The van der Waals surface area contributed by atoms with Crippen molar-refractivity contribution in [3.05, 3.63) is 34.9 Å². The summed E-state index contributed by atoms with van der Waals surface area (Å²) in [4.78, 5) is 0. The number of rotatable bonds is 1. The van der Waals surface area contributed by atoms with Crippen molar-refractivity contribution < 1.29 is 0 Å². The van der Waals surface area contributed by atoms with Crippen molar-refractivity contribution in [2.24, 2.45) is 5.73 Å². The van der Waals surface area contributed by atoms with Crippen LogP contribution in [0.1, 0.15) is 22.6 Å². The first kappa shape index (κ1) is 8.73.